The van der Waals surface area contributed by atoms with Crippen molar-refractivity contribution in [1.82, 2.24) is 5.32 Å². The molecule has 156 valence electrons. The average Bonchev–Trinajstić information content (AvgIpc) is 2.72. The van der Waals surface area contributed by atoms with Gasteiger partial charge in [-0.25, -0.2) is 13.2 Å². The molecule has 0 aliphatic carbocycles. The van der Waals surface area contributed by atoms with Gasteiger partial charge in [-0.2, -0.15) is 0 Å². The molecule has 2 aromatic carbocycles. The lowest BCUT2D eigenvalue weighted by Crippen LogP contribution is -2.41. The summed E-state index contributed by atoms with van der Waals surface area (Å²) in [5.41, 5.74) is 0.00144. The highest BCUT2D eigenvalue weighted by Crippen LogP contribution is 2.29. The molecule has 0 aliphatic heterocycles. The second-order valence-electron chi connectivity index (χ2n) is 5.92. The number of ether oxygens (including phenoxy) is 2. The van der Waals surface area contributed by atoms with Gasteiger partial charge < -0.3 is 25.4 Å². The van der Waals surface area contributed by atoms with E-state index in [0.717, 1.165) is 6.07 Å². The maximum absolute atomic E-state index is 13.6. The number of carbonyl (C=O) groups is 2. The summed E-state index contributed by atoms with van der Waals surface area (Å²) >= 11 is 0. The summed E-state index contributed by atoms with van der Waals surface area (Å²) in [6.07, 6.45) is 0. The summed E-state index contributed by atoms with van der Waals surface area (Å²) in [5.74, 6) is -4.89. The Balaban J connectivity index is 1.92. The number of amides is 2. The van der Waals surface area contributed by atoms with Crippen LogP contribution in [0.15, 0.2) is 30.3 Å². The number of methoxy groups -OCH3 is 2. The van der Waals surface area contributed by atoms with Gasteiger partial charge in [-0.05, 0) is 31.2 Å². The van der Waals surface area contributed by atoms with Crippen molar-refractivity contribution in [3.63, 3.8) is 0 Å². The third-order valence-electron chi connectivity index (χ3n) is 3.91. The average molecular weight is 411 g/mol. The molecule has 0 fully saturated rings. The lowest BCUT2D eigenvalue weighted by Gasteiger charge is -2.18. The number of halogens is 3. The van der Waals surface area contributed by atoms with Crippen molar-refractivity contribution in [3.05, 3.63) is 47.8 Å². The van der Waals surface area contributed by atoms with Gasteiger partial charge in [-0.15, -0.1) is 0 Å². The summed E-state index contributed by atoms with van der Waals surface area (Å²) in [5, 5.41) is 7.36. The molecule has 2 aromatic rings. The molecule has 0 saturated heterocycles. The van der Waals surface area contributed by atoms with Crippen LogP contribution < -0.4 is 25.4 Å². The molecular weight excluding hydrogens is 391 g/mol. The minimum Gasteiger partial charge on any atom is -0.497 e. The summed E-state index contributed by atoms with van der Waals surface area (Å²) in [7, 11) is 2.97. The molecule has 0 radical (unpaired) electrons. The third-order valence-corrected chi connectivity index (χ3v) is 3.91. The molecule has 7 nitrogen and oxygen atoms in total. The molecule has 0 aliphatic rings. The number of hydrogen-bond acceptors (Lipinski definition) is 5. The Morgan fingerprint density at radius 3 is 2.34 bits per heavy atom. The van der Waals surface area contributed by atoms with E-state index in [4.69, 9.17) is 9.47 Å². The van der Waals surface area contributed by atoms with Crippen LogP contribution in [0.4, 0.5) is 24.5 Å². The topological polar surface area (TPSA) is 88.7 Å². The molecule has 0 spiro atoms. The fourth-order valence-corrected chi connectivity index (χ4v) is 2.35. The SMILES string of the molecule is COc1ccc(N[C@H](C)C(=O)NCC(=O)Nc2ccc(F)c(F)c2F)c(OC)c1. The first-order chi connectivity index (χ1) is 13.8. The number of anilines is 2. The van der Waals surface area contributed by atoms with Crippen LogP contribution in [0.3, 0.4) is 0 Å². The van der Waals surface area contributed by atoms with Crippen LogP contribution in [-0.4, -0.2) is 38.6 Å². The Labute approximate surface area is 165 Å². The van der Waals surface area contributed by atoms with Gasteiger partial charge in [0.1, 0.15) is 17.5 Å². The standard InChI is InChI=1S/C19H20F3N3O4/c1-10(24-13-6-4-11(28-2)8-15(13)29-3)19(27)23-9-16(26)25-14-7-5-12(20)17(21)18(14)22/h4-8,10,24H,9H2,1-3H3,(H,23,27)(H,25,26)/t10-/m1/s1. The predicted molar refractivity (Wildman–Crippen MR) is 101 cm³/mol. The molecule has 3 N–H and O–H groups in total. The lowest BCUT2D eigenvalue weighted by molar-refractivity contribution is -0.124. The van der Waals surface area contributed by atoms with Gasteiger partial charge in [0.25, 0.3) is 0 Å². The van der Waals surface area contributed by atoms with E-state index in [9.17, 15) is 22.8 Å². The summed E-state index contributed by atoms with van der Waals surface area (Å²) in [6.45, 7) is 1.06. The van der Waals surface area contributed by atoms with Crippen LogP contribution >= 0.6 is 0 Å². The van der Waals surface area contributed by atoms with Crippen molar-refractivity contribution < 1.29 is 32.2 Å². The van der Waals surface area contributed by atoms with Gasteiger partial charge in [-0.3, -0.25) is 9.59 Å². The maximum atomic E-state index is 13.6. The first-order valence-electron chi connectivity index (χ1n) is 8.46. The van der Waals surface area contributed by atoms with Crippen LogP contribution in [0.25, 0.3) is 0 Å². The Kier molecular flexibility index (Phi) is 7.29. The highest BCUT2D eigenvalue weighted by atomic mass is 19.2. The smallest absolute Gasteiger partial charge is 0.243 e. The number of benzene rings is 2. The Morgan fingerprint density at radius 2 is 1.69 bits per heavy atom. The van der Waals surface area contributed by atoms with E-state index in [1.807, 2.05) is 0 Å². The number of rotatable bonds is 8. The largest absolute Gasteiger partial charge is 0.497 e. The van der Waals surface area contributed by atoms with Gasteiger partial charge in [0.15, 0.2) is 17.5 Å². The first kappa shape index (κ1) is 21.9. The van der Waals surface area contributed by atoms with E-state index in [2.05, 4.69) is 16.0 Å². The monoisotopic (exact) mass is 411 g/mol. The van der Waals surface area contributed by atoms with Crippen molar-refractivity contribution in [1.29, 1.82) is 0 Å². The first-order valence-corrected chi connectivity index (χ1v) is 8.46. The van der Waals surface area contributed by atoms with Crippen molar-refractivity contribution in [2.45, 2.75) is 13.0 Å². The molecule has 2 rings (SSSR count). The second-order valence-corrected chi connectivity index (χ2v) is 5.92. The molecule has 0 bridgehead atoms. The van der Waals surface area contributed by atoms with E-state index < -0.39 is 47.5 Å². The van der Waals surface area contributed by atoms with Gasteiger partial charge in [0.2, 0.25) is 11.8 Å². The molecule has 0 unspecified atom stereocenters. The van der Waals surface area contributed by atoms with E-state index in [0.29, 0.717) is 23.3 Å². The van der Waals surface area contributed by atoms with Crippen LogP contribution in [-0.2, 0) is 9.59 Å². The Bertz CT molecular complexity index is 909. The van der Waals surface area contributed by atoms with Gasteiger partial charge in [0.05, 0.1) is 32.1 Å². The number of nitrogens with one attached hydrogen (secondary N) is 3. The fraction of sp³-hybridized carbons (Fsp3) is 0.263. The second kappa shape index (κ2) is 9.67. The van der Waals surface area contributed by atoms with Crippen molar-refractivity contribution in [2.24, 2.45) is 0 Å². The summed E-state index contributed by atoms with van der Waals surface area (Å²) in [4.78, 5) is 24.0. The zero-order valence-corrected chi connectivity index (χ0v) is 15.9. The van der Waals surface area contributed by atoms with Gasteiger partial charge in [-0.1, -0.05) is 0 Å². The highest BCUT2D eigenvalue weighted by molar-refractivity contribution is 5.95. The predicted octanol–water partition coefficient (Wildman–Crippen LogP) is 2.68. The quantitative estimate of drug-likeness (QED) is 0.582. The molecule has 29 heavy (non-hydrogen) atoms. The van der Waals surface area contributed by atoms with Crippen LogP contribution in [0.2, 0.25) is 0 Å². The highest BCUT2D eigenvalue weighted by Gasteiger charge is 2.18. The Hall–Kier alpha value is -3.43. The minimum atomic E-state index is -1.70. The fourth-order valence-electron chi connectivity index (χ4n) is 2.35. The number of carbonyl (C=O) groups excluding carboxylic acids is 2. The number of hydrogen-bond donors (Lipinski definition) is 3. The molecular formula is C19H20F3N3O4. The molecule has 10 heteroatoms. The lowest BCUT2D eigenvalue weighted by atomic mass is 10.2. The third kappa shape index (κ3) is 5.53. The minimum absolute atomic E-state index is 0.454. The van der Waals surface area contributed by atoms with Crippen LogP contribution in [0.1, 0.15) is 6.92 Å². The van der Waals surface area contributed by atoms with Crippen molar-refractivity contribution in [3.8, 4) is 11.5 Å². The van der Waals surface area contributed by atoms with Crippen molar-refractivity contribution in [2.75, 3.05) is 31.4 Å². The summed E-state index contributed by atoms with van der Waals surface area (Å²) in [6, 6.07) is 5.80. The van der Waals surface area contributed by atoms with Crippen LogP contribution in [0.5, 0.6) is 11.5 Å². The Morgan fingerprint density at radius 1 is 1.00 bits per heavy atom. The van der Waals surface area contributed by atoms with Gasteiger partial charge >= 0.3 is 0 Å². The van der Waals surface area contributed by atoms with Crippen molar-refractivity contribution >= 4 is 23.2 Å². The zero-order valence-electron chi connectivity index (χ0n) is 15.9. The van der Waals surface area contributed by atoms with E-state index in [1.165, 1.54) is 14.2 Å². The van der Waals surface area contributed by atoms with E-state index >= 15 is 0 Å². The van der Waals surface area contributed by atoms with E-state index in [-0.39, 0.29) is 0 Å². The molecule has 0 heterocycles. The molecule has 1 atom stereocenters. The normalized spacial score (nSPS) is 11.4. The molecule has 0 aromatic heterocycles. The maximum Gasteiger partial charge on any atom is 0.243 e. The molecule has 2 amide bonds. The molecule has 0 saturated carbocycles. The van der Waals surface area contributed by atoms with Gasteiger partial charge in [0, 0.05) is 6.07 Å². The zero-order chi connectivity index (χ0) is 21.6. The van der Waals surface area contributed by atoms with E-state index in [1.54, 1.807) is 25.1 Å². The van der Waals surface area contributed by atoms with Crippen LogP contribution in [0, 0.1) is 17.5 Å². The summed E-state index contributed by atoms with van der Waals surface area (Å²) < 4.78 is 50.0.